The van der Waals surface area contributed by atoms with Crippen LogP contribution in [0.4, 0.5) is 10.2 Å². The number of rotatable bonds is 8. The number of amides is 1. The summed E-state index contributed by atoms with van der Waals surface area (Å²) in [6.45, 7) is 4.46. The van der Waals surface area contributed by atoms with E-state index in [4.69, 9.17) is 17.0 Å². The molecular weight excluding hydrogens is 523 g/mol. The van der Waals surface area contributed by atoms with Gasteiger partial charge in [-0.25, -0.2) is 4.39 Å². The molecule has 0 aliphatic carbocycles. The van der Waals surface area contributed by atoms with Crippen molar-refractivity contribution < 1.29 is 13.9 Å². The van der Waals surface area contributed by atoms with E-state index < -0.39 is 5.56 Å². The highest BCUT2D eigenvalue weighted by Gasteiger charge is 2.33. The first-order chi connectivity index (χ1) is 18.3. The van der Waals surface area contributed by atoms with E-state index in [1.165, 1.54) is 21.6 Å². The van der Waals surface area contributed by atoms with Gasteiger partial charge < -0.3 is 10.1 Å². The van der Waals surface area contributed by atoms with E-state index in [-0.39, 0.29) is 23.8 Å². The number of hydrogen-bond donors (Lipinski definition) is 1. The molecule has 1 aromatic heterocycles. The maximum atomic E-state index is 13.3. The monoisotopic (exact) mass is 548 g/mol. The van der Waals surface area contributed by atoms with E-state index in [1.807, 2.05) is 37.3 Å². The largest absolute Gasteiger partial charge is 0.497 e. The summed E-state index contributed by atoms with van der Waals surface area (Å²) in [6.07, 6.45) is 1.68. The van der Waals surface area contributed by atoms with Gasteiger partial charge in [0.05, 0.1) is 18.6 Å². The highest BCUT2D eigenvalue weighted by atomic mass is 32.2. The Hall–Kier alpha value is -3.94. The fourth-order valence-corrected chi connectivity index (χ4v) is 5.36. The third kappa shape index (κ3) is 5.49. The van der Waals surface area contributed by atoms with Gasteiger partial charge in [-0.2, -0.15) is 5.26 Å². The number of thioether (sulfide) groups is 1. The standard InChI is InChI=1S/C28H25FN4O3S2/c1-4-32-25(31-15-18-7-11-21(36-3)12-8-18)22(17(2)23(14-30)26(32)34)13-24-27(35)33(28(37)38-24)16-19-5-9-20(29)10-6-19/h5-13,31H,4,15-16H2,1-3H3/b24-13+. The topological polar surface area (TPSA) is 87.4 Å². The molecule has 0 radical (unpaired) electrons. The van der Waals surface area contributed by atoms with Crippen LogP contribution in [0.1, 0.15) is 34.7 Å². The molecule has 1 saturated heterocycles. The number of carbonyl (C=O) groups is 1. The number of ether oxygens (including phenoxy) is 1. The molecule has 0 spiro atoms. The molecule has 1 amide bonds. The molecule has 0 saturated carbocycles. The third-order valence-electron chi connectivity index (χ3n) is 6.21. The zero-order valence-electron chi connectivity index (χ0n) is 21.1. The maximum absolute atomic E-state index is 13.3. The van der Waals surface area contributed by atoms with Crippen LogP contribution < -0.4 is 15.6 Å². The SMILES string of the molecule is CCn1c(NCc2ccc(OC)cc2)c(/C=C2/SC(=S)N(Cc3ccc(F)cc3)C2=O)c(C)c(C#N)c1=O. The van der Waals surface area contributed by atoms with Crippen LogP contribution in [0, 0.1) is 24.1 Å². The Morgan fingerprint density at radius 2 is 1.79 bits per heavy atom. The molecule has 3 aromatic rings. The van der Waals surface area contributed by atoms with Crippen molar-refractivity contribution in [1.82, 2.24) is 9.47 Å². The zero-order chi connectivity index (χ0) is 27.4. The molecule has 38 heavy (non-hydrogen) atoms. The van der Waals surface area contributed by atoms with Crippen molar-refractivity contribution in [2.45, 2.75) is 33.5 Å². The minimum Gasteiger partial charge on any atom is -0.497 e. The van der Waals surface area contributed by atoms with Crippen LogP contribution in [-0.4, -0.2) is 26.8 Å². The van der Waals surface area contributed by atoms with Gasteiger partial charge >= 0.3 is 0 Å². The normalized spacial score (nSPS) is 14.2. The first-order valence-corrected chi connectivity index (χ1v) is 13.0. The van der Waals surface area contributed by atoms with Crippen molar-refractivity contribution in [2.75, 3.05) is 12.4 Å². The summed E-state index contributed by atoms with van der Waals surface area (Å²) in [4.78, 5) is 28.3. The Labute approximate surface area is 229 Å². The van der Waals surface area contributed by atoms with Gasteiger partial charge in [0.15, 0.2) is 0 Å². The Balaban J connectivity index is 1.73. The average Bonchev–Trinajstić information content (AvgIpc) is 3.18. The number of nitrogens with zero attached hydrogens (tertiary/aromatic N) is 3. The summed E-state index contributed by atoms with van der Waals surface area (Å²) >= 11 is 6.62. The first-order valence-electron chi connectivity index (χ1n) is 11.8. The number of methoxy groups -OCH3 is 1. The Morgan fingerprint density at radius 1 is 1.13 bits per heavy atom. The second-order valence-electron chi connectivity index (χ2n) is 8.52. The Kier molecular flexibility index (Phi) is 8.29. The number of nitrogens with one attached hydrogen (secondary N) is 1. The minimum atomic E-state index is -0.397. The van der Waals surface area contributed by atoms with Crippen LogP contribution in [0.5, 0.6) is 5.75 Å². The molecule has 194 valence electrons. The van der Waals surface area contributed by atoms with Gasteiger partial charge in [-0.1, -0.05) is 48.2 Å². The summed E-state index contributed by atoms with van der Waals surface area (Å²) in [5, 5.41) is 13.1. The molecule has 1 aliphatic heterocycles. The van der Waals surface area contributed by atoms with Crippen LogP contribution in [0.25, 0.3) is 6.08 Å². The van der Waals surface area contributed by atoms with Crippen molar-refractivity contribution in [3.8, 4) is 11.8 Å². The number of hydrogen-bond acceptors (Lipinski definition) is 7. The number of nitriles is 1. The van der Waals surface area contributed by atoms with Gasteiger partial charge in [0, 0.05) is 18.7 Å². The first kappa shape index (κ1) is 27.1. The van der Waals surface area contributed by atoms with Gasteiger partial charge in [-0.3, -0.25) is 19.1 Å². The van der Waals surface area contributed by atoms with Gasteiger partial charge in [0.25, 0.3) is 11.5 Å². The summed E-state index contributed by atoms with van der Waals surface area (Å²) in [5.74, 6) is 0.589. The lowest BCUT2D eigenvalue weighted by Gasteiger charge is -2.19. The predicted molar refractivity (Wildman–Crippen MR) is 151 cm³/mol. The van der Waals surface area contributed by atoms with E-state index >= 15 is 0 Å². The molecule has 1 fully saturated rings. The summed E-state index contributed by atoms with van der Waals surface area (Å²) in [5.41, 5.74) is 2.37. The molecule has 1 N–H and O–H groups in total. The molecule has 2 heterocycles. The molecule has 0 atom stereocenters. The lowest BCUT2D eigenvalue weighted by Crippen LogP contribution is -2.28. The number of halogens is 1. The molecule has 10 heteroatoms. The smallest absolute Gasteiger partial charge is 0.270 e. The summed E-state index contributed by atoms with van der Waals surface area (Å²) < 4.78 is 20.4. The van der Waals surface area contributed by atoms with Crippen molar-refractivity contribution in [3.63, 3.8) is 0 Å². The molecule has 7 nitrogen and oxygen atoms in total. The average molecular weight is 549 g/mol. The van der Waals surface area contributed by atoms with Gasteiger partial charge in [-0.15, -0.1) is 0 Å². The second-order valence-corrected chi connectivity index (χ2v) is 10.2. The van der Waals surface area contributed by atoms with Crippen molar-refractivity contribution >= 4 is 46.1 Å². The van der Waals surface area contributed by atoms with Crippen LogP contribution in [-0.2, 0) is 24.4 Å². The van der Waals surface area contributed by atoms with Crippen LogP contribution >= 0.6 is 24.0 Å². The fourth-order valence-electron chi connectivity index (χ4n) is 4.12. The number of benzene rings is 2. The highest BCUT2D eigenvalue weighted by molar-refractivity contribution is 8.26. The lowest BCUT2D eigenvalue weighted by molar-refractivity contribution is -0.122. The lowest BCUT2D eigenvalue weighted by atomic mass is 10.0. The number of pyridine rings is 1. The van der Waals surface area contributed by atoms with Crippen molar-refractivity contribution in [1.29, 1.82) is 5.26 Å². The van der Waals surface area contributed by atoms with Crippen LogP contribution in [0.3, 0.4) is 0 Å². The summed E-state index contributed by atoms with van der Waals surface area (Å²) in [7, 11) is 1.60. The number of thiocarbonyl (C=S) groups is 1. The van der Waals surface area contributed by atoms with E-state index in [9.17, 15) is 19.2 Å². The van der Waals surface area contributed by atoms with Crippen LogP contribution in [0.2, 0.25) is 0 Å². The van der Waals surface area contributed by atoms with E-state index in [1.54, 1.807) is 32.2 Å². The summed E-state index contributed by atoms with van der Waals surface area (Å²) in [6, 6.07) is 15.4. The van der Waals surface area contributed by atoms with E-state index in [2.05, 4.69) is 5.32 Å². The molecule has 2 aromatic carbocycles. The van der Waals surface area contributed by atoms with Crippen LogP contribution in [0.15, 0.2) is 58.2 Å². The number of aromatic nitrogens is 1. The van der Waals surface area contributed by atoms with Gasteiger partial charge in [-0.05, 0) is 60.9 Å². The van der Waals surface area contributed by atoms with Crippen molar-refractivity contribution in [2.24, 2.45) is 0 Å². The predicted octanol–water partition coefficient (Wildman–Crippen LogP) is 5.21. The fraction of sp³-hybridized carbons (Fsp3) is 0.214. The van der Waals surface area contributed by atoms with Gasteiger partial charge in [0.2, 0.25) is 0 Å². The molecular formula is C28H25FN4O3S2. The number of carbonyl (C=O) groups excluding carboxylic acids is 1. The van der Waals surface area contributed by atoms with E-state index in [0.717, 1.165) is 28.6 Å². The molecule has 0 bridgehead atoms. The third-order valence-corrected chi connectivity index (χ3v) is 7.59. The second kappa shape index (κ2) is 11.6. The Bertz CT molecular complexity index is 1520. The quantitative estimate of drug-likeness (QED) is 0.305. The van der Waals surface area contributed by atoms with Gasteiger partial charge in [0.1, 0.15) is 33.3 Å². The Morgan fingerprint density at radius 3 is 2.39 bits per heavy atom. The highest BCUT2D eigenvalue weighted by Crippen LogP contribution is 2.36. The molecule has 0 unspecified atom stereocenters. The minimum absolute atomic E-state index is 0.0230. The van der Waals surface area contributed by atoms with Crippen molar-refractivity contribution in [3.05, 3.63) is 97.4 Å². The number of anilines is 1. The maximum Gasteiger partial charge on any atom is 0.270 e. The van der Waals surface area contributed by atoms with E-state index in [0.29, 0.717) is 39.3 Å². The molecule has 4 rings (SSSR count). The zero-order valence-corrected chi connectivity index (χ0v) is 22.7. The molecule has 1 aliphatic rings.